The third-order valence-corrected chi connectivity index (χ3v) is 5.43. The third kappa shape index (κ3) is 3.82. The van der Waals surface area contributed by atoms with E-state index in [2.05, 4.69) is 5.32 Å². The molecule has 7 heteroatoms. The van der Waals surface area contributed by atoms with Crippen molar-refractivity contribution < 1.29 is 18.4 Å². The molecule has 4 rings (SSSR count). The van der Waals surface area contributed by atoms with Crippen molar-refractivity contribution in [3.8, 4) is 0 Å². The van der Waals surface area contributed by atoms with Gasteiger partial charge < -0.3 is 5.32 Å². The van der Waals surface area contributed by atoms with E-state index in [-0.39, 0.29) is 17.0 Å². The van der Waals surface area contributed by atoms with E-state index in [4.69, 9.17) is 11.6 Å². The Labute approximate surface area is 182 Å². The molecule has 4 nitrogen and oxygen atoms in total. The average molecular weight is 439 g/mol. The van der Waals surface area contributed by atoms with E-state index in [0.717, 1.165) is 28.2 Å². The number of hydrogen-bond acceptors (Lipinski definition) is 3. The molecule has 31 heavy (non-hydrogen) atoms. The number of hydrogen-bond donors (Lipinski definition) is 1. The number of halogens is 3. The number of carbonyl (C=O) groups excluding carboxylic acids is 2. The summed E-state index contributed by atoms with van der Waals surface area (Å²) >= 11 is 6.20. The van der Waals surface area contributed by atoms with Crippen LogP contribution in [0.25, 0.3) is 5.57 Å². The van der Waals surface area contributed by atoms with Crippen molar-refractivity contribution in [3.05, 3.63) is 99.7 Å². The van der Waals surface area contributed by atoms with Crippen LogP contribution in [0.1, 0.15) is 16.7 Å². The number of benzene rings is 3. The van der Waals surface area contributed by atoms with Crippen molar-refractivity contribution in [1.29, 1.82) is 0 Å². The fraction of sp³-hybridized carbons (Fsp3) is 0.0833. The van der Waals surface area contributed by atoms with Crippen LogP contribution in [0.15, 0.2) is 66.4 Å². The molecule has 1 N–H and O–H groups in total. The molecule has 1 heterocycles. The summed E-state index contributed by atoms with van der Waals surface area (Å²) in [6.07, 6.45) is 0. The Morgan fingerprint density at radius 1 is 0.839 bits per heavy atom. The van der Waals surface area contributed by atoms with Crippen molar-refractivity contribution in [2.24, 2.45) is 0 Å². The molecule has 0 spiro atoms. The number of amides is 2. The molecule has 0 unspecified atom stereocenters. The maximum absolute atomic E-state index is 13.8. The lowest BCUT2D eigenvalue weighted by Crippen LogP contribution is -2.32. The standard InChI is InChI=1S/C24H17ClF2N2O2/c1-13-3-6-15(7-4-13)21-22(28-16-8-5-14(2)18(25)11-16)24(31)29(23(21)30)17-9-10-19(26)20(27)12-17/h3-12,28H,1-2H3. The van der Waals surface area contributed by atoms with Gasteiger partial charge in [-0.2, -0.15) is 0 Å². The van der Waals surface area contributed by atoms with Gasteiger partial charge in [-0.1, -0.05) is 47.5 Å². The molecular formula is C24H17ClF2N2O2. The number of nitrogens with one attached hydrogen (secondary N) is 1. The van der Waals surface area contributed by atoms with Crippen LogP contribution in [0.2, 0.25) is 5.02 Å². The second-order valence-corrected chi connectivity index (χ2v) is 7.66. The minimum Gasteiger partial charge on any atom is -0.350 e. The van der Waals surface area contributed by atoms with Gasteiger partial charge in [0.2, 0.25) is 0 Å². The Balaban J connectivity index is 1.83. The predicted molar refractivity (Wildman–Crippen MR) is 117 cm³/mol. The summed E-state index contributed by atoms with van der Waals surface area (Å²) in [6.45, 7) is 3.75. The molecule has 3 aromatic rings. The monoisotopic (exact) mass is 438 g/mol. The van der Waals surface area contributed by atoms with Crippen molar-refractivity contribution in [1.82, 2.24) is 0 Å². The molecule has 2 amide bonds. The van der Waals surface area contributed by atoms with Crippen LogP contribution < -0.4 is 10.2 Å². The number of carbonyl (C=O) groups is 2. The minimum absolute atomic E-state index is 0.0264. The van der Waals surface area contributed by atoms with Crippen molar-refractivity contribution in [2.45, 2.75) is 13.8 Å². The summed E-state index contributed by atoms with van der Waals surface area (Å²) in [5.41, 5.74) is 2.98. The Morgan fingerprint density at radius 2 is 1.55 bits per heavy atom. The first kappa shape index (κ1) is 20.8. The van der Waals surface area contributed by atoms with Crippen LogP contribution >= 0.6 is 11.6 Å². The van der Waals surface area contributed by atoms with Gasteiger partial charge in [-0.15, -0.1) is 0 Å². The highest BCUT2D eigenvalue weighted by molar-refractivity contribution is 6.46. The van der Waals surface area contributed by atoms with Gasteiger partial charge in [-0.05, 0) is 49.2 Å². The van der Waals surface area contributed by atoms with Gasteiger partial charge >= 0.3 is 0 Å². The van der Waals surface area contributed by atoms with Crippen LogP contribution in [0, 0.1) is 25.5 Å². The van der Waals surface area contributed by atoms with Crippen LogP contribution in [0.4, 0.5) is 20.2 Å². The molecule has 0 fully saturated rings. The third-order valence-electron chi connectivity index (χ3n) is 5.03. The Hall–Kier alpha value is -3.51. The molecule has 0 saturated heterocycles. The highest BCUT2D eigenvalue weighted by Gasteiger charge is 2.40. The topological polar surface area (TPSA) is 49.4 Å². The van der Waals surface area contributed by atoms with Gasteiger partial charge in [0, 0.05) is 16.8 Å². The van der Waals surface area contributed by atoms with Gasteiger partial charge in [-0.25, -0.2) is 13.7 Å². The lowest BCUT2D eigenvalue weighted by molar-refractivity contribution is -0.120. The maximum Gasteiger partial charge on any atom is 0.282 e. The molecule has 3 aromatic carbocycles. The molecule has 156 valence electrons. The molecule has 0 aliphatic carbocycles. The molecule has 0 saturated carbocycles. The smallest absolute Gasteiger partial charge is 0.282 e. The summed E-state index contributed by atoms with van der Waals surface area (Å²) in [4.78, 5) is 27.4. The van der Waals surface area contributed by atoms with Gasteiger partial charge in [0.05, 0.1) is 11.3 Å². The average Bonchev–Trinajstić information content (AvgIpc) is 2.97. The molecule has 0 atom stereocenters. The summed E-state index contributed by atoms with van der Waals surface area (Å²) in [6, 6.07) is 15.2. The van der Waals surface area contributed by atoms with E-state index in [0.29, 0.717) is 16.3 Å². The van der Waals surface area contributed by atoms with E-state index < -0.39 is 23.4 Å². The number of anilines is 2. The van der Waals surface area contributed by atoms with Crippen LogP contribution in [0.5, 0.6) is 0 Å². The molecule has 0 radical (unpaired) electrons. The number of rotatable bonds is 4. The lowest BCUT2D eigenvalue weighted by Gasteiger charge is -2.15. The highest BCUT2D eigenvalue weighted by Crippen LogP contribution is 2.35. The van der Waals surface area contributed by atoms with E-state index in [1.807, 2.05) is 26.0 Å². The molecular weight excluding hydrogens is 422 g/mol. The van der Waals surface area contributed by atoms with Gasteiger partial charge in [0.1, 0.15) is 5.70 Å². The Kier molecular flexibility index (Phi) is 5.33. The number of aryl methyl sites for hydroxylation is 2. The van der Waals surface area contributed by atoms with Crippen molar-refractivity contribution in [2.75, 3.05) is 10.2 Å². The van der Waals surface area contributed by atoms with Crippen LogP contribution in [-0.2, 0) is 9.59 Å². The van der Waals surface area contributed by atoms with E-state index in [9.17, 15) is 18.4 Å². The van der Waals surface area contributed by atoms with Gasteiger partial charge in [0.25, 0.3) is 11.8 Å². The van der Waals surface area contributed by atoms with Crippen LogP contribution in [0.3, 0.4) is 0 Å². The zero-order chi connectivity index (χ0) is 22.3. The molecule has 1 aliphatic rings. The first-order valence-electron chi connectivity index (χ1n) is 9.44. The Bertz CT molecular complexity index is 1250. The van der Waals surface area contributed by atoms with E-state index >= 15 is 0 Å². The number of nitrogens with zero attached hydrogens (tertiary/aromatic N) is 1. The molecule has 0 aromatic heterocycles. The van der Waals surface area contributed by atoms with E-state index in [1.165, 1.54) is 6.07 Å². The Morgan fingerprint density at radius 3 is 2.19 bits per heavy atom. The first-order valence-corrected chi connectivity index (χ1v) is 9.82. The van der Waals surface area contributed by atoms with Gasteiger partial charge in [0.15, 0.2) is 11.6 Å². The first-order chi connectivity index (χ1) is 14.8. The molecule has 1 aliphatic heterocycles. The quantitative estimate of drug-likeness (QED) is 0.537. The normalized spacial score (nSPS) is 13.9. The fourth-order valence-electron chi connectivity index (χ4n) is 3.31. The van der Waals surface area contributed by atoms with Crippen molar-refractivity contribution in [3.63, 3.8) is 0 Å². The zero-order valence-electron chi connectivity index (χ0n) is 16.7. The maximum atomic E-state index is 13.8. The molecule has 0 bridgehead atoms. The van der Waals surface area contributed by atoms with Crippen LogP contribution in [-0.4, -0.2) is 11.8 Å². The summed E-state index contributed by atoms with van der Waals surface area (Å²) in [5.74, 6) is -3.53. The second-order valence-electron chi connectivity index (χ2n) is 7.25. The lowest BCUT2D eigenvalue weighted by atomic mass is 10.0. The summed E-state index contributed by atoms with van der Waals surface area (Å²) in [7, 11) is 0. The van der Waals surface area contributed by atoms with Gasteiger partial charge in [-0.3, -0.25) is 9.59 Å². The zero-order valence-corrected chi connectivity index (χ0v) is 17.4. The predicted octanol–water partition coefficient (Wildman–Crippen LogP) is 5.63. The number of imide groups is 1. The highest BCUT2D eigenvalue weighted by atomic mass is 35.5. The van der Waals surface area contributed by atoms with Crippen molar-refractivity contribution >= 4 is 40.4 Å². The largest absolute Gasteiger partial charge is 0.350 e. The summed E-state index contributed by atoms with van der Waals surface area (Å²) in [5, 5.41) is 3.49. The van der Waals surface area contributed by atoms with E-state index in [1.54, 1.807) is 30.3 Å². The fourth-order valence-corrected chi connectivity index (χ4v) is 3.49. The minimum atomic E-state index is -1.15. The second kappa shape index (κ2) is 7.96. The SMILES string of the molecule is Cc1ccc(C2=C(Nc3ccc(C)c(Cl)c3)C(=O)N(c3ccc(F)c(F)c3)C2=O)cc1. The summed E-state index contributed by atoms with van der Waals surface area (Å²) < 4.78 is 27.2.